The molecule has 3 nitrogen and oxygen atoms in total. The van der Waals surface area contributed by atoms with Gasteiger partial charge in [-0.05, 0) is 18.4 Å². The van der Waals surface area contributed by atoms with E-state index in [4.69, 9.17) is 5.11 Å². The maximum absolute atomic E-state index is 11.8. The molecular weight excluding hydrogens is 198 g/mol. The minimum Gasteiger partial charge on any atom is -0.395 e. The highest BCUT2D eigenvalue weighted by atomic mass is 32.1. The van der Waals surface area contributed by atoms with Crippen LogP contribution in [0.1, 0.15) is 17.7 Å². The van der Waals surface area contributed by atoms with Gasteiger partial charge in [0.2, 0.25) is 5.91 Å². The lowest BCUT2D eigenvalue weighted by Gasteiger charge is -2.19. The number of amides is 1. The monoisotopic (exact) mass is 213 g/mol. The van der Waals surface area contributed by atoms with Gasteiger partial charge in [-0.25, -0.2) is 0 Å². The maximum atomic E-state index is 11.8. The molecule has 1 atom stereocenters. The third-order valence-corrected chi connectivity index (χ3v) is 3.21. The average molecular weight is 213 g/mol. The SMILES string of the molecule is CC(C(=O)N(C)CCO)c1cccs1. The molecule has 1 N–H and O–H groups in total. The zero-order valence-electron chi connectivity index (χ0n) is 8.43. The summed E-state index contributed by atoms with van der Waals surface area (Å²) >= 11 is 1.58. The summed E-state index contributed by atoms with van der Waals surface area (Å²) < 4.78 is 0. The van der Waals surface area contributed by atoms with Crippen molar-refractivity contribution in [3.63, 3.8) is 0 Å². The first-order valence-electron chi connectivity index (χ1n) is 4.56. The molecule has 78 valence electrons. The highest BCUT2D eigenvalue weighted by molar-refractivity contribution is 7.10. The van der Waals surface area contributed by atoms with E-state index in [1.165, 1.54) is 0 Å². The zero-order chi connectivity index (χ0) is 10.6. The highest BCUT2D eigenvalue weighted by Crippen LogP contribution is 2.22. The van der Waals surface area contributed by atoms with Gasteiger partial charge in [-0.3, -0.25) is 4.79 Å². The fraction of sp³-hybridized carbons (Fsp3) is 0.500. The van der Waals surface area contributed by atoms with Gasteiger partial charge in [-0.1, -0.05) is 6.07 Å². The van der Waals surface area contributed by atoms with Crippen LogP contribution in [0.15, 0.2) is 17.5 Å². The predicted molar refractivity (Wildman–Crippen MR) is 57.5 cm³/mol. The molecular formula is C10H15NO2S. The summed E-state index contributed by atoms with van der Waals surface area (Å²) in [6.45, 7) is 2.30. The molecule has 0 radical (unpaired) electrons. The van der Waals surface area contributed by atoms with Gasteiger partial charge in [-0.15, -0.1) is 11.3 Å². The number of likely N-dealkylation sites (N-methyl/N-ethyl adjacent to an activating group) is 1. The van der Waals surface area contributed by atoms with Crippen LogP contribution >= 0.6 is 11.3 Å². The molecule has 1 amide bonds. The minimum atomic E-state index is -0.105. The van der Waals surface area contributed by atoms with Crippen molar-refractivity contribution in [1.82, 2.24) is 4.90 Å². The Hall–Kier alpha value is -0.870. The predicted octanol–water partition coefficient (Wildman–Crippen LogP) is 1.30. The Morgan fingerprint density at radius 1 is 1.71 bits per heavy atom. The number of carbonyl (C=O) groups is 1. The van der Waals surface area contributed by atoms with E-state index < -0.39 is 0 Å². The standard InChI is InChI=1S/C10H15NO2S/c1-8(9-4-3-7-14-9)10(13)11(2)5-6-12/h3-4,7-8,12H,5-6H2,1-2H3. The largest absolute Gasteiger partial charge is 0.395 e. The molecule has 0 aliphatic rings. The Balaban J connectivity index is 2.61. The molecule has 14 heavy (non-hydrogen) atoms. The van der Waals surface area contributed by atoms with Gasteiger partial charge in [-0.2, -0.15) is 0 Å². The van der Waals surface area contributed by atoms with E-state index in [-0.39, 0.29) is 18.4 Å². The van der Waals surface area contributed by atoms with E-state index in [0.29, 0.717) is 6.54 Å². The second kappa shape index (κ2) is 5.12. The Bertz CT molecular complexity index is 284. The number of thiophene rings is 1. The number of rotatable bonds is 4. The lowest BCUT2D eigenvalue weighted by molar-refractivity contribution is -0.131. The average Bonchev–Trinajstić information content (AvgIpc) is 2.68. The first-order valence-corrected chi connectivity index (χ1v) is 5.44. The summed E-state index contributed by atoms with van der Waals surface area (Å²) in [5, 5.41) is 10.7. The summed E-state index contributed by atoms with van der Waals surface area (Å²) in [6, 6.07) is 3.90. The molecule has 4 heteroatoms. The van der Waals surface area contributed by atoms with E-state index in [1.807, 2.05) is 24.4 Å². The summed E-state index contributed by atoms with van der Waals surface area (Å²) in [7, 11) is 1.71. The molecule has 1 unspecified atom stereocenters. The lowest BCUT2D eigenvalue weighted by atomic mass is 10.1. The molecule has 0 spiro atoms. The van der Waals surface area contributed by atoms with Gasteiger partial charge in [0, 0.05) is 18.5 Å². The zero-order valence-corrected chi connectivity index (χ0v) is 9.25. The van der Waals surface area contributed by atoms with Gasteiger partial charge >= 0.3 is 0 Å². The molecule has 0 aromatic carbocycles. The van der Waals surface area contributed by atoms with Crippen molar-refractivity contribution < 1.29 is 9.90 Å². The van der Waals surface area contributed by atoms with Crippen molar-refractivity contribution in [2.24, 2.45) is 0 Å². The third-order valence-electron chi connectivity index (χ3n) is 2.15. The molecule has 0 aliphatic heterocycles. The molecule has 1 aromatic heterocycles. The van der Waals surface area contributed by atoms with Gasteiger partial charge < -0.3 is 10.0 Å². The number of carbonyl (C=O) groups excluding carboxylic acids is 1. The van der Waals surface area contributed by atoms with E-state index in [2.05, 4.69) is 0 Å². The Labute approximate surface area is 88.0 Å². The van der Waals surface area contributed by atoms with Crippen molar-refractivity contribution in [3.05, 3.63) is 22.4 Å². The first kappa shape index (κ1) is 11.2. The number of hydrogen-bond donors (Lipinski definition) is 1. The fourth-order valence-corrected chi connectivity index (χ4v) is 2.03. The second-order valence-corrected chi connectivity index (χ2v) is 4.20. The van der Waals surface area contributed by atoms with Crippen LogP contribution in [0.4, 0.5) is 0 Å². The van der Waals surface area contributed by atoms with Crippen LogP contribution in [0.2, 0.25) is 0 Å². The van der Waals surface area contributed by atoms with Gasteiger partial charge in [0.1, 0.15) is 0 Å². The van der Waals surface area contributed by atoms with Crippen molar-refractivity contribution >= 4 is 17.2 Å². The molecule has 1 rings (SSSR count). The van der Waals surface area contributed by atoms with Crippen LogP contribution < -0.4 is 0 Å². The molecule has 0 saturated heterocycles. The van der Waals surface area contributed by atoms with Crippen molar-refractivity contribution in [3.8, 4) is 0 Å². The normalized spacial score (nSPS) is 12.5. The third kappa shape index (κ3) is 2.56. The summed E-state index contributed by atoms with van der Waals surface area (Å²) in [5.74, 6) is -0.0481. The number of aliphatic hydroxyl groups is 1. The lowest BCUT2D eigenvalue weighted by Crippen LogP contribution is -2.32. The van der Waals surface area contributed by atoms with Crippen LogP contribution in [-0.4, -0.2) is 36.1 Å². The number of aliphatic hydroxyl groups excluding tert-OH is 1. The maximum Gasteiger partial charge on any atom is 0.230 e. The van der Waals surface area contributed by atoms with Crippen molar-refractivity contribution in [2.75, 3.05) is 20.2 Å². The summed E-state index contributed by atoms with van der Waals surface area (Å²) in [5.41, 5.74) is 0. The van der Waals surface area contributed by atoms with Crippen LogP contribution in [0, 0.1) is 0 Å². The Morgan fingerprint density at radius 2 is 2.43 bits per heavy atom. The summed E-state index contributed by atoms with van der Waals surface area (Å²) in [6.07, 6.45) is 0. The highest BCUT2D eigenvalue weighted by Gasteiger charge is 2.19. The molecule has 1 aromatic rings. The van der Waals surface area contributed by atoms with E-state index in [0.717, 1.165) is 4.88 Å². The van der Waals surface area contributed by atoms with Crippen molar-refractivity contribution in [1.29, 1.82) is 0 Å². The van der Waals surface area contributed by atoms with Gasteiger partial charge in [0.25, 0.3) is 0 Å². The molecule has 1 heterocycles. The van der Waals surface area contributed by atoms with E-state index in [9.17, 15) is 4.79 Å². The second-order valence-electron chi connectivity index (χ2n) is 3.22. The van der Waals surface area contributed by atoms with Crippen LogP contribution in [0.25, 0.3) is 0 Å². The van der Waals surface area contributed by atoms with Crippen LogP contribution in [0.5, 0.6) is 0 Å². The Kier molecular flexibility index (Phi) is 4.10. The quantitative estimate of drug-likeness (QED) is 0.819. The number of hydrogen-bond acceptors (Lipinski definition) is 3. The van der Waals surface area contributed by atoms with Gasteiger partial charge in [0.15, 0.2) is 0 Å². The van der Waals surface area contributed by atoms with Crippen LogP contribution in [0.3, 0.4) is 0 Å². The van der Waals surface area contributed by atoms with E-state index >= 15 is 0 Å². The molecule has 0 bridgehead atoms. The summed E-state index contributed by atoms with van der Waals surface area (Å²) in [4.78, 5) is 14.4. The molecule has 0 fully saturated rings. The minimum absolute atomic E-state index is 0.0133. The number of nitrogens with zero attached hydrogens (tertiary/aromatic N) is 1. The van der Waals surface area contributed by atoms with Crippen LogP contribution in [-0.2, 0) is 4.79 Å². The van der Waals surface area contributed by atoms with Crippen molar-refractivity contribution in [2.45, 2.75) is 12.8 Å². The van der Waals surface area contributed by atoms with Gasteiger partial charge in [0.05, 0.1) is 12.5 Å². The smallest absolute Gasteiger partial charge is 0.230 e. The topological polar surface area (TPSA) is 40.5 Å². The Morgan fingerprint density at radius 3 is 2.93 bits per heavy atom. The van der Waals surface area contributed by atoms with E-state index in [1.54, 1.807) is 23.3 Å². The molecule has 0 saturated carbocycles. The molecule has 0 aliphatic carbocycles. The fourth-order valence-electron chi connectivity index (χ4n) is 1.25. The first-order chi connectivity index (χ1) is 6.66.